The second-order valence-electron chi connectivity index (χ2n) is 9.94. The van der Waals surface area contributed by atoms with Gasteiger partial charge in [-0.15, -0.1) is 11.3 Å². The smallest absolute Gasteiger partial charge is 0.207 e. The average molecular weight is 662 g/mol. The predicted molar refractivity (Wildman–Crippen MR) is 170 cm³/mol. The third-order valence-corrected chi connectivity index (χ3v) is 13.7. The summed E-state index contributed by atoms with van der Waals surface area (Å²) in [6, 6.07) is 16.3. The Bertz CT molecular complexity index is 1680. The van der Waals surface area contributed by atoms with E-state index in [0.717, 1.165) is 22.5 Å². The van der Waals surface area contributed by atoms with Gasteiger partial charge in [0.25, 0.3) is 10.0 Å². The lowest BCUT2D eigenvalue weighted by molar-refractivity contribution is 0.465. The van der Waals surface area contributed by atoms with Crippen LogP contribution in [0.2, 0.25) is 0 Å². The standard InChI is InChI=1S/C30H35N3O6S4/c1-26-11-15-28(16-12-26)41(34,35)31-19-3-4-20-32(42(36,37)29-17-13-27(2)14-18-29)22-6-8-24-33(23-7-5-21-31)43(38,39)30-10-9-25-40-30/h3-18,25H,19-24H2,1-2H3/b4-3+,7-5+,8-6+. The van der Waals surface area contributed by atoms with Crippen molar-refractivity contribution < 1.29 is 25.3 Å². The molecule has 230 valence electrons. The van der Waals surface area contributed by atoms with Gasteiger partial charge in [-0.2, -0.15) is 12.9 Å². The number of sulfonamides is 3. The second-order valence-corrected chi connectivity index (χ2v) is 16.9. The highest BCUT2D eigenvalue weighted by atomic mass is 32.2. The van der Waals surface area contributed by atoms with Gasteiger partial charge in [0.2, 0.25) is 20.0 Å². The second kappa shape index (κ2) is 14.2. The monoisotopic (exact) mass is 661 g/mol. The van der Waals surface area contributed by atoms with Gasteiger partial charge in [0.15, 0.2) is 0 Å². The Balaban J connectivity index is 1.69. The van der Waals surface area contributed by atoms with E-state index in [1.54, 1.807) is 96.4 Å². The van der Waals surface area contributed by atoms with Gasteiger partial charge >= 0.3 is 0 Å². The lowest BCUT2D eigenvalue weighted by Crippen LogP contribution is -2.33. The van der Waals surface area contributed by atoms with Gasteiger partial charge < -0.3 is 0 Å². The van der Waals surface area contributed by atoms with Crippen molar-refractivity contribution in [1.82, 2.24) is 12.9 Å². The summed E-state index contributed by atoms with van der Waals surface area (Å²) in [5.74, 6) is 0. The first-order chi connectivity index (χ1) is 20.4. The van der Waals surface area contributed by atoms with Crippen LogP contribution in [0.25, 0.3) is 0 Å². The molecule has 0 N–H and O–H groups in total. The summed E-state index contributed by atoms with van der Waals surface area (Å²) in [6.07, 6.45) is 9.80. The normalized spacial score (nSPS) is 19.7. The maximum absolute atomic E-state index is 13.5. The molecule has 0 amide bonds. The van der Waals surface area contributed by atoms with E-state index in [4.69, 9.17) is 0 Å². The average Bonchev–Trinajstić information content (AvgIpc) is 3.52. The zero-order valence-corrected chi connectivity index (χ0v) is 27.2. The van der Waals surface area contributed by atoms with Crippen molar-refractivity contribution in [3.8, 4) is 0 Å². The van der Waals surface area contributed by atoms with Gasteiger partial charge in [0, 0.05) is 39.3 Å². The molecule has 0 spiro atoms. The molecule has 0 fully saturated rings. The van der Waals surface area contributed by atoms with E-state index in [9.17, 15) is 25.3 Å². The van der Waals surface area contributed by atoms with Crippen molar-refractivity contribution in [2.24, 2.45) is 0 Å². The fraction of sp³-hybridized carbons (Fsp3) is 0.267. The third-order valence-electron chi connectivity index (χ3n) is 6.76. The zero-order chi connectivity index (χ0) is 31.1. The van der Waals surface area contributed by atoms with Crippen LogP contribution < -0.4 is 0 Å². The minimum Gasteiger partial charge on any atom is -0.207 e. The number of nitrogens with zero attached hydrogens (tertiary/aromatic N) is 3. The highest BCUT2D eigenvalue weighted by Gasteiger charge is 2.26. The Labute approximate surface area is 259 Å². The summed E-state index contributed by atoms with van der Waals surface area (Å²) >= 11 is 1.10. The highest BCUT2D eigenvalue weighted by molar-refractivity contribution is 7.91. The number of hydrogen-bond acceptors (Lipinski definition) is 7. The minimum atomic E-state index is -3.90. The molecule has 1 aromatic heterocycles. The molecule has 0 aliphatic carbocycles. The van der Waals surface area contributed by atoms with Gasteiger partial charge in [-0.3, -0.25) is 0 Å². The van der Waals surface area contributed by atoms with E-state index in [2.05, 4.69) is 0 Å². The Kier molecular flexibility index (Phi) is 10.9. The van der Waals surface area contributed by atoms with Gasteiger partial charge in [0.05, 0.1) is 9.79 Å². The topological polar surface area (TPSA) is 112 Å². The van der Waals surface area contributed by atoms with Crippen molar-refractivity contribution in [3.05, 3.63) is 114 Å². The SMILES string of the molecule is Cc1ccc(S(=O)(=O)N2C/C=C/CN(S(=O)(=O)c3ccc(C)cc3)C/C=C/CN(S(=O)(=O)c3cccs3)C/C=C/C2)cc1. The van der Waals surface area contributed by atoms with Crippen LogP contribution in [-0.4, -0.2) is 77.4 Å². The molecule has 9 nitrogen and oxygen atoms in total. The molecule has 0 atom stereocenters. The van der Waals surface area contributed by atoms with Crippen molar-refractivity contribution >= 4 is 41.4 Å². The fourth-order valence-corrected chi connectivity index (χ4v) is 9.39. The lowest BCUT2D eigenvalue weighted by atomic mass is 10.2. The molecule has 4 rings (SSSR count). The maximum Gasteiger partial charge on any atom is 0.253 e. The molecule has 3 aromatic rings. The van der Waals surface area contributed by atoms with Crippen LogP contribution in [-0.2, 0) is 30.1 Å². The van der Waals surface area contributed by atoms with E-state index in [1.165, 1.54) is 19.0 Å². The van der Waals surface area contributed by atoms with Gasteiger partial charge in [0.1, 0.15) is 4.21 Å². The number of rotatable bonds is 6. The zero-order valence-electron chi connectivity index (χ0n) is 24.0. The first-order valence-electron chi connectivity index (χ1n) is 13.5. The van der Waals surface area contributed by atoms with Crippen LogP contribution in [0.1, 0.15) is 11.1 Å². The van der Waals surface area contributed by atoms with E-state index in [0.29, 0.717) is 0 Å². The van der Waals surface area contributed by atoms with Crippen molar-refractivity contribution in [3.63, 3.8) is 0 Å². The fourth-order valence-electron chi connectivity index (χ4n) is 4.22. The molecular weight excluding hydrogens is 627 g/mol. The maximum atomic E-state index is 13.5. The van der Waals surface area contributed by atoms with Crippen LogP contribution in [0.4, 0.5) is 0 Å². The number of benzene rings is 2. The van der Waals surface area contributed by atoms with E-state index < -0.39 is 30.1 Å². The first kappa shape index (κ1) is 33.0. The third kappa shape index (κ3) is 8.18. The minimum absolute atomic E-state index is 0.00418. The quantitative estimate of drug-likeness (QED) is 0.362. The molecule has 1 aliphatic heterocycles. The Morgan fingerprint density at radius 3 is 1.12 bits per heavy atom. The molecule has 1 aliphatic rings. The van der Waals surface area contributed by atoms with Crippen LogP contribution in [0.3, 0.4) is 0 Å². The van der Waals surface area contributed by atoms with E-state index in [-0.39, 0.29) is 53.3 Å². The summed E-state index contributed by atoms with van der Waals surface area (Å²) in [4.78, 5) is 0.264. The predicted octanol–water partition coefficient (Wildman–Crippen LogP) is 4.42. The first-order valence-corrected chi connectivity index (χ1v) is 18.7. The van der Waals surface area contributed by atoms with Crippen molar-refractivity contribution in [1.29, 1.82) is 0 Å². The molecule has 0 saturated carbocycles. The summed E-state index contributed by atoms with van der Waals surface area (Å²) < 4.78 is 84.9. The Morgan fingerprint density at radius 2 is 0.814 bits per heavy atom. The van der Waals surface area contributed by atoms with Gasteiger partial charge in [-0.05, 0) is 49.6 Å². The summed E-state index contributed by atoms with van der Waals surface area (Å²) in [5.41, 5.74) is 1.85. The summed E-state index contributed by atoms with van der Waals surface area (Å²) in [5, 5.41) is 1.68. The van der Waals surface area contributed by atoms with Crippen LogP contribution >= 0.6 is 11.3 Å². The summed E-state index contributed by atoms with van der Waals surface area (Å²) in [7, 11) is -11.6. The molecular formula is C30H35N3O6S4. The number of aryl methyl sites for hydroxylation is 2. The van der Waals surface area contributed by atoms with Crippen LogP contribution in [0.5, 0.6) is 0 Å². The Morgan fingerprint density at radius 1 is 0.488 bits per heavy atom. The van der Waals surface area contributed by atoms with E-state index >= 15 is 0 Å². The molecule has 0 radical (unpaired) electrons. The van der Waals surface area contributed by atoms with Crippen LogP contribution in [0, 0.1) is 13.8 Å². The lowest BCUT2D eigenvalue weighted by Gasteiger charge is -2.21. The molecule has 0 unspecified atom stereocenters. The van der Waals surface area contributed by atoms with E-state index in [1.807, 2.05) is 13.8 Å². The number of hydrogen-bond donors (Lipinski definition) is 0. The highest BCUT2D eigenvalue weighted by Crippen LogP contribution is 2.22. The van der Waals surface area contributed by atoms with Gasteiger partial charge in [-0.1, -0.05) is 77.9 Å². The van der Waals surface area contributed by atoms with Gasteiger partial charge in [-0.25, -0.2) is 25.3 Å². The van der Waals surface area contributed by atoms with Crippen molar-refractivity contribution in [2.45, 2.75) is 27.8 Å². The largest absolute Gasteiger partial charge is 0.253 e. The molecule has 13 heteroatoms. The molecule has 43 heavy (non-hydrogen) atoms. The molecule has 0 bridgehead atoms. The number of thiophene rings is 1. The molecule has 0 saturated heterocycles. The Hall–Kier alpha value is -2.91. The molecule has 2 aromatic carbocycles. The van der Waals surface area contributed by atoms with Crippen LogP contribution in [0.15, 0.2) is 117 Å². The van der Waals surface area contributed by atoms with Crippen molar-refractivity contribution in [2.75, 3.05) is 39.3 Å². The summed E-state index contributed by atoms with van der Waals surface area (Å²) in [6.45, 7) is 3.72. The molecule has 2 heterocycles.